The number of hydrogen-bond donors (Lipinski definition) is 3. The molecule has 0 radical (unpaired) electrons. The maximum atomic E-state index is 14.9. The Bertz CT molecular complexity index is 1720. The number of benzene rings is 1. The number of alkyl halides is 4. The molecule has 0 bridgehead atoms. The molecule has 270 valence electrons. The summed E-state index contributed by atoms with van der Waals surface area (Å²) in [6, 6.07) is 2.13. The van der Waals surface area contributed by atoms with Gasteiger partial charge < -0.3 is 31.2 Å². The molecule has 0 spiro atoms. The predicted octanol–water partition coefficient (Wildman–Crippen LogP) is 3.80. The van der Waals surface area contributed by atoms with Crippen LogP contribution in [0.4, 0.5) is 33.5 Å². The Labute approximate surface area is 285 Å². The number of anilines is 2. The van der Waals surface area contributed by atoms with Crippen LogP contribution in [0, 0.1) is 5.82 Å². The Morgan fingerprint density at radius 3 is 2.65 bits per heavy atom. The number of nitrogens with two attached hydrogens (primary N) is 2. The summed E-state index contributed by atoms with van der Waals surface area (Å²) in [6.07, 6.45) is -2.10. The molecule has 0 aliphatic carbocycles. The summed E-state index contributed by atoms with van der Waals surface area (Å²) in [6.45, 7) is 2.62. The molecule has 5 heterocycles. The van der Waals surface area contributed by atoms with E-state index in [2.05, 4.69) is 24.6 Å². The summed E-state index contributed by atoms with van der Waals surface area (Å²) in [7, 11) is -2.48. The minimum Gasteiger partial charge on any atom is -0.467 e. The number of nitrogens with zero attached hydrogens (tertiary/aromatic N) is 5. The third kappa shape index (κ3) is 8.64. The van der Waals surface area contributed by atoms with Gasteiger partial charge in [-0.3, -0.25) is 4.90 Å². The highest BCUT2D eigenvalue weighted by Gasteiger charge is 2.40. The fourth-order valence-electron chi connectivity index (χ4n) is 6.50. The van der Waals surface area contributed by atoms with Gasteiger partial charge in [0.15, 0.2) is 11.7 Å². The van der Waals surface area contributed by atoms with Crippen molar-refractivity contribution in [1.82, 2.24) is 20.2 Å². The summed E-state index contributed by atoms with van der Waals surface area (Å²) in [4.78, 5) is 12.8. The van der Waals surface area contributed by atoms with Crippen LogP contribution in [0.2, 0.25) is 0 Å². The van der Waals surface area contributed by atoms with Crippen LogP contribution in [0.3, 0.4) is 0 Å². The Kier molecular flexibility index (Phi) is 11.1. The first-order chi connectivity index (χ1) is 23.1. The van der Waals surface area contributed by atoms with Crippen LogP contribution in [0.1, 0.15) is 54.2 Å². The lowest BCUT2D eigenvalue weighted by Crippen LogP contribution is -2.32. The topological polar surface area (TPSA) is 161 Å². The normalized spacial score (nSPS) is 24.3. The standard InChI is InChI=1S/C23H26ClF4N7O4S.C7H12FN/c1-38-22-32-14-8-16(17-12(23(26,27)28)4-5-13(29)19(17)25)39-10-11(14)21(33-22)35-7-3-6-31-15(9-35)18(24)20(30)34-40(2,36)37;8-6-4-7-2-1-3-9(7)5-6/h4-5,16,31H,3,6-10,29H2,1-2H3,(H2,30,34);6-7H,1-5H2/b18-15+;. The highest BCUT2D eigenvalue weighted by Crippen LogP contribution is 2.43. The molecule has 4 aliphatic heterocycles. The maximum absolute atomic E-state index is 14.9. The molecule has 1 aromatic heterocycles. The first-order valence-corrected chi connectivity index (χ1v) is 17.8. The van der Waals surface area contributed by atoms with E-state index < -0.39 is 56.9 Å². The Hall–Kier alpha value is -3.48. The van der Waals surface area contributed by atoms with Gasteiger partial charge in [0.25, 0.3) is 10.0 Å². The average Bonchev–Trinajstić information content (AvgIpc) is 3.51. The van der Waals surface area contributed by atoms with Crippen LogP contribution >= 0.6 is 11.6 Å². The quantitative estimate of drug-likeness (QED) is 0.177. The van der Waals surface area contributed by atoms with Crippen LogP contribution in [-0.2, 0) is 34.0 Å². The number of methoxy groups -OCH3 is 1. The van der Waals surface area contributed by atoms with E-state index in [-0.39, 0.29) is 30.6 Å². The number of nitrogens with one attached hydrogen (secondary N) is 1. The molecule has 0 saturated carbocycles. The number of fused-ring (bicyclic) bond motifs is 2. The predicted molar refractivity (Wildman–Crippen MR) is 174 cm³/mol. The van der Waals surface area contributed by atoms with E-state index in [1.54, 1.807) is 4.90 Å². The molecule has 6 rings (SSSR count). The van der Waals surface area contributed by atoms with Crippen LogP contribution in [0.25, 0.3) is 0 Å². The number of amidine groups is 1. The lowest BCUT2D eigenvalue weighted by Gasteiger charge is -2.31. The average molecular weight is 737 g/mol. The van der Waals surface area contributed by atoms with Crippen molar-refractivity contribution in [2.24, 2.45) is 10.1 Å². The minimum absolute atomic E-state index is 0.0644. The van der Waals surface area contributed by atoms with Gasteiger partial charge in [0, 0.05) is 43.2 Å². The lowest BCUT2D eigenvalue weighted by molar-refractivity contribution is -0.140. The summed E-state index contributed by atoms with van der Waals surface area (Å²) in [5.74, 6) is -1.25. The summed E-state index contributed by atoms with van der Waals surface area (Å²) in [5.41, 5.74) is 10.2. The van der Waals surface area contributed by atoms with Crippen LogP contribution < -0.4 is 26.4 Å². The number of sulfonamides is 1. The molecule has 3 fully saturated rings. The van der Waals surface area contributed by atoms with Crippen molar-refractivity contribution in [3.8, 4) is 6.01 Å². The van der Waals surface area contributed by atoms with Crippen molar-refractivity contribution in [1.29, 1.82) is 0 Å². The van der Waals surface area contributed by atoms with Gasteiger partial charge in [0.05, 0.1) is 55.3 Å². The first-order valence-electron chi connectivity index (χ1n) is 15.6. The van der Waals surface area contributed by atoms with Crippen molar-refractivity contribution in [3.05, 3.63) is 51.1 Å². The fraction of sp³-hybridized carbons (Fsp3) is 0.567. The van der Waals surface area contributed by atoms with Gasteiger partial charge in [0.1, 0.15) is 17.0 Å². The molecule has 4 aliphatic rings. The second kappa shape index (κ2) is 14.8. The molecule has 19 heteroatoms. The number of aromatic nitrogens is 2. The van der Waals surface area contributed by atoms with Crippen LogP contribution in [0.15, 0.2) is 27.3 Å². The molecular weight excluding hydrogens is 699 g/mol. The van der Waals surface area contributed by atoms with E-state index >= 15 is 0 Å². The second-order valence-corrected chi connectivity index (χ2v) is 14.2. The fourth-order valence-corrected chi connectivity index (χ4v) is 7.17. The Morgan fingerprint density at radius 1 is 1.22 bits per heavy atom. The van der Waals surface area contributed by atoms with Crippen molar-refractivity contribution in [2.45, 2.75) is 63.2 Å². The van der Waals surface area contributed by atoms with Gasteiger partial charge in [0.2, 0.25) is 0 Å². The summed E-state index contributed by atoms with van der Waals surface area (Å²) in [5, 5.41) is 3.00. The zero-order chi connectivity index (χ0) is 35.7. The van der Waals surface area contributed by atoms with Crippen molar-refractivity contribution in [3.63, 3.8) is 0 Å². The first kappa shape index (κ1) is 36.8. The summed E-state index contributed by atoms with van der Waals surface area (Å²) < 4.78 is 106. The van der Waals surface area contributed by atoms with Gasteiger partial charge >= 0.3 is 12.2 Å². The molecule has 5 N–H and O–H groups in total. The zero-order valence-electron chi connectivity index (χ0n) is 26.9. The number of nitrogen functional groups attached to an aromatic ring is 1. The van der Waals surface area contributed by atoms with Gasteiger partial charge in [-0.25, -0.2) is 17.2 Å². The molecule has 2 aromatic rings. The van der Waals surface area contributed by atoms with Crippen LogP contribution in [0.5, 0.6) is 6.01 Å². The van der Waals surface area contributed by atoms with Crippen LogP contribution in [-0.4, -0.2) is 87.4 Å². The van der Waals surface area contributed by atoms with Crippen molar-refractivity contribution < 1.29 is 39.8 Å². The van der Waals surface area contributed by atoms with Gasteiger partial charge in [-0.15, -0.1) is 4.40 Å². The van der Waals surface area contributed by atoms with E-state index in [9.17, 15) is 30.4 Å². The number of hydrogen-bond acceptors (Lipinski definition) is 10. The second-order valence-electron chi connectivity index (χ2n) is 12.2. The van der Waals surface area contributed by atoms with Crippen molar-refractivity contribution in [2.75, 3.05) is 56.7 Å². The van der Waals surface area contributed by atoms with Gasteiger partial charge in [-0.1, -0.05) is 11.6 Å². The molecule has 49 heavy (non-hydrogen) atoms. The largest absolute Gasteiger partial charge is 0.467 e. The summed E-state index contributed by atoms with van der Waals surface area (Å²) >= 11 is 6.36. The van der Waals surface area contributed by atoms with E-state index in [4.69, 9.17) is 32.5 Å². The lowest BCUT2D eigenvalue weighted by atomic mass is 9.94. The molecular formula is C30H38ClF5N8O4S. The SMILES string of the molecule is COc1nc2c(c(N3CCCN/C(=C(Cl)\C(N)=N\S(C)(=O)=O)C3)n1)COC(c1c(C(F)(F)F)ccc(N)c1F)C2.FC1CC2CCCN2C1. The smallest absolute Gasteiger partial charge is 0.416 e. The molecule has 3 atom stereocenters. The van der Waals surface area contributed by atoms with E-state index in [0.29, 0.717) is 54.9 Å². The zero-order valence-corrected chi connectivity index (χ0v) is 28.4. The molecule has 12 nitrogen and oxygen atoms in total. The van der Waals surface area contributed by atoms with Gasteiger partial charge in [-0.2, -0.15) is 23.1 Å². The maximum Gasteiger partial charge on any atom is 0.416 e. The highest BCUT2D eigenvalue weighted by molar-refractivity contribution is 7.89. The number of ether oxygens (including phenoxy) is 2. The third-order valence-corrected chi connectivity index (χ3v) is 9.63. The molecule has 3 unspecified atom stereocenters. The highest BCUT2D eigenvalue weighted by atomic mass is 35.5. The monoisotopic (exact) mass is 736 g/mol. The van der Waals surface area contributed by atoms with Gasteiger partial charge in [-0.05, 0) is 44.4 Å². The number of halogens is 6. The Balaban J connectivity index is 0.000000444. The van der Waals surface area contributed by atoms with E-state index in [1.165, 1.54) is 20.0 Å². The number of rotatable bonds is 5. The Morgan fingerprint density at radius 2 is 1.98 bits per heavy atom. The molecule has 0 amide bonds. The van der Waals surface area contributed by atoms with E-state index in [1.807, 2.05) is 0 Å². The van der Waals surface area contributed by atoms with Crippen molar-refractivity contribution >= 4 is 39.0 Å². The van der Waals surface area contributed by atoms with E-state index in [0.717, 1.165) is 31.4 Å². The minimum atomic E-state index is -4.84. The molecule has 3 saturated heterocycles. The third-order valence-electron chi connectivity index (χ3n) is 8.68. The molecule has 1 aromatic carbocycles.